The molecule has 1 saturated heterocycles. The number of hydrogen-bond donors (Lipinski definition) is 3. The van der Waals surface area contributed by atoms with Crippen LogP contribution in [0, 0.1) is 5.82 Å². The van der Waals surface area contributed by atoms with Gasteiger partial charge in [-0.1, -0.05) is 11.6 Å². The average Bonchev–Trinajstić information content (AvgIpc) is 3.44. The van der Waals surface area contributed by atoms with E-state index in [1.165, 1.54) is 41.1 Å². The molecule has 4 rings (SSSR count). The van der Waals surface area contributed by atoms with E-state index in [4.69, 9.17) is 16.3 Å². The van der Waals surface area contributed by atoms with E-state index >= 15 is 0 Å². The van der Waals surface area contributed by atoms with Gasteiger partial charge in [0, 0.05) is 23.2 Å². The number of hydrogen-bond acceptors (Lipinski definition) is 4. The second-order valence-electron chi connectivity index (χ2n) is 8.84. The van der Waals surface area contributed by atoms with Crippen molar-refractivity contribution in [2.24, 2.45) is 0 Å². The number of ether oxygens (including phenoxy) is 1. The number of nitrogens with zero attached hydrogens (tertiary/aromatic N) is 2. The van der Waals surface area contributed by atoms with Crippen molar-refractivity contribution < 1.29 is 31.9 Å². The third kappa shape index (κ3) is 6.03. The number of benzene rings is 2. The maximum absolute atomic E-state index is 13.5. The van der Waals surface area contributed by atoms with Crippen LogP contribution in [0.25, 0.3) is 16.9 Å². The topological polar surface area (TPSA) is 97.3 Å². The van der Waals surface area contributed by atoms with Crippen LogP contribution in [-0.2, 0) is 16.1 Å². The van der Waals surface area contributed by atoms with Gasteiger partial charge in [0.1, 0.15) is 11.9 Å². The number of anilines is 1. The summed E-state index contributed by atoms with van der Waals surface area (Å²) in [5, 5.41) is 12.2. The lowest BCUT2D eigenvalue weighted by Crippen LogP contribution is -2.41. The van der Waals surface area contributed by atoms with Gasteiger partial charge in [0.2, 0.25) is 5.91 Å². The van der Waals surface area contributed by atoms with Gasteiger partial charge in [-0.3, -0.25) is 4.79 Å². The SMILES string of the molecule is CC(C)(OCc1cc(Cl)cc(-c2cc(NC(=O)[C@H]3CNC(=O)N3)nn2-c2ccc(F)cc2)c1)C(F)(F)F. The summed E-state index contributed by atoms with van der Waals surface area (Å²) in [6, 6.07) is 10.3. The molecule has 37 heavy (non-hydrogen) atoms. The fourth-order valence-corrected chi connectivity index (χ4v) is 3.74. The molecule has 13 heteroatoms. The molecule has 3 amide bonds. The zero-order chi connectivity index (χ0) is 27.0. The molecular formula is C24H22ClF4N5O3. The molecular weight excluding hydrogens is 518 g/mol. The minimum absolute atomic E-state index is 0.0993. The van der Waals surface area contributed by atoms with Gasteiger partial charge < -0.3 is 20.7 Å². The molecule has 8 nitrogen and oxygen atoms in total. The van der Waals surface area contributed by atoms with Crippen molar-refractivity contribution >= 4 is 29.4 Å². The van der Waals surface area contributed by atoms with Crippen molar-refractivity contribution in [1.29, 1.82) is 0 Å². The fourth-order valence-electron chi connectivity index (χ4n) is 3.48. The minimum atomic E-state index is -4.57. The molecule has 1 aliphatic heterocycles. The number of carbonyl (C=O) groups is 2. The number of rotatable bonds is 7. The van der Waals surface area contributed by atoms with Gasteiger partial charge in [-0.25, -0.2) is 13.9 Å². The summed E-state index contributed by atoms with van der Waals surface area (Å²) in [6.07, 6.45) is -4.57. The molecule has 0 saturated carbocycles. The fraction of sp³-hybridized carbons (Fsp3) is 0.292. The van der Waals surface area contributed by atoms with Crippen LogP contribution in [0.2, 0.25) is 5.02 Å². The Bertz CT molecular complexity index is 1320. The van der Waals surface area contributed by atoms with E-state index in [-0.39, 0.29) is 24.0 Å². The van der Waals surface area contributed by atoms with Crippen LogP contribution >= 0.6 is 11.6 Å². The summed E-state index contributed by atoms with van der Waals surface area (Å²) in [7, 11) is 0. The Kier molecular flexibility index (Phi) is 7.16. The number of alkyl halides is 3. The van der Waals surface area contributed by atoms with Gasteiger partial charge in [0.25, 0.3) is 0 Å². The Labute approximate surface area is 213 Å². The molecule has 0 radical (unpaired) electrons. The highest BCUT2D eigenvalue weighted by molar-refractivity contribution is 6.31. The quantitative estimate of drug-likeness (QED) is 0.375. The number of carbonyl (C=O) groups excluding carboxylic acids is 2. The van der Waals surface area contributed by atoms with Crippen LogP contribution in [0.3, 0.4) is 0 Å². The highest BCUT2D eigenvalue weighted by Crippen LogP contribution is 2.35. The third-order valence-corrected chi connectivity index (χ3v) is 5.87. The van der Waals surface area contributed by atoms with E-state index in [0.717, 1.165) is 13.8 Å². The smallest absolute Gasteiger partial charge is 0.361 e. The average molecular weight is 540 g/mol. The first-order valence-electron chi connectivity index (χ1n) is 11.0. The standard InChI is InChI=1S/C24H22ClF4N5O3/c1-23(2,24(27,28)29)37-12-13-7-14(9-15(25)8-13)19-10-20(32-21(35)18-11-30-22(36)31-18)33-34(19)17-5-3-16(26)4-6-17/h3-10,18H,11-12H2,1-2H3,(H2,30,31,36)(H,32,33,35)/t18-/m1/s1. The summed E-state index contributed by atoms with van der Waals surface area (Å²) in [5.41, 5.74) is -0.688. The van der Waals surface area contributed by atoms with Gasteiger partial charge in [-0.15, -0.1) is 5.10 Å². The highest BCUT2D eigenvalue weighted by Gasteiger charge is 2.48. The number of amides is 3. The number of nitrogens with one attached hydrogen (secondary N) is 3. The number of urea groups is 1. The van der Waals surface area contributed by atoms with E-state index in [9.17, 15) is 27.2 Å². The molecule has 196 valence electrons. The van der Waals surface area contributed by atoms with Crippen LogP contribution in [0.5, 0.6) is 0 Å². The van der Waals surface area contributed by atoms with Crippen molar-refractivity contribution in [3.63, 3.8) is 0 Å². The van der Waals surface area contributed by atoms with Gasteiger partial charge in [0.05, 0.1) is 18.0 Å². The van der Waals surface area contributed by atoms with Crippen molar-refractivity contribution in [1.82, 2.24) is 20.4 Å². The lowest BCUT2D eigenvalue weighted by Gasteiger charge is -2.28. The molecule has 0 bridgehead atoms. The zero-order valence-corrected chi connectivity index (χ0v) is 20.4. The van der Waals surface area contributed by atoms with E-state index in [0.29, 0.717) is 22.5 Å². The Hall–Kier alpha value is -3.64. The Morgan fingerprint density at radius 1 is 1.19 bits per heavy atom. The Balaban J connectivity index is 1.68. The number of halogens is 5. The van der Waals surface area contributed by atoms with Gasteiger partial charge in [-0.2, -0.15) is 13.2 Å². The molecule has 0 unspecified atom stereocenters. The molecule has 1 fully saturated rings. The van der Waals surface area contributed by atoms with E-state index in [1.54, 1.807) is 12.1 Å². The predicted octanol–water partition coefficient (Wildman–Crippen LogP) is 4.81. The summed E-state index contributed by atoms with van der Waals surface area (Å²) in [4.78, 5) is 23.9. The lowest BCUT2D eigenvalue weighted by molar-refractivity contribution is -0.267. The maximum Gasteiger partial charge on any atom is 0.416 e. The molecule has 0 aliphatic carbocycles. The molecule has 1 aromatic heterocycles. The van der Waals surface area contributed by atoms with E-state index in [1.807, 2.05) is 0 Å². The Morgan fingerprint density at radius 3 is 2.51 bits per heavy atom. The zero-order valence-electron chi connectivity index (χ0n) is 19.6. The van der Waals surface area contributed by atoms with Crippen molar-refractivity contribution in [3.05, 3.63) is 64.9 Å². The lowest BCUT2D eigenvalue weighted by atomic mass is 10.1. The molecule has 0 spiro atoms. The van der Waals surface area contributed by atoms with Gasteiger partial charge >= 0.3 is 12.2 Å². The van der Waals surface area contributed by atoms with Gasteiger partial charge in [0.15, 0.2) is 11.4 Å². The van der Waals surface area contributed by atoms with Crippen molar-refractivity contribution in [2.45, 2.75) is 38.3 Å². The second-order valence-corrected chi connectivity index (χ2v) is 9.28. The van der Waals surface area contributed by atoms with Crippen molar-refractivity contribution in [3.8, 4) is 16.9 Å². The van der Waals surface area contributed by atoms with Crippen LogP contribution in [0.4, 0.5) is 28.2 Å². The normalized spacial score (nSPS) is 15.9. The van der Waals surface area contributed by atoms with Crippen LogP contribution in [0.1, 0.15) is 19.4 Å². The van der Waals surface area contributed by atoms with E-state index in [2.05, 4.69) is 21.0 Å². The van der Waals surface area contributed by atoms with Crippen LogP contribution in [0.15, 0.2) is 48.5 Å². The van der Waals surface area contributed by atoms with Crippen LogP contribution in [-0.4, -0.2) is 46.1 Å². The minimum Gasteiger partial charge on any atom is -0.361 e. The van der Waals surface area contributed by atoms with Gasteiger partial charge in [-0.05, 0) is 61.9 Å². The number of aromatic nitrogens is 2. The summed E-state index contributed by atoms with van der Waals surface area (Å²) >= 11 is 6.28. The second kappa shape index (κ2) is 10.0. The van der Waals surface area contributed by atoms with Crippen molar-refractivity contribution in [2.75, 3.05) is 11.9 Å². The predicted molar refractivity (Wildman–Crippen MR) is 128 cm³/mol. The first kappa shape index (κ1) is 26.4. The molecule has 1 aliphatic rings. The molecule has 3 aromatic rings. The summed E-state index contributed by atoms with van der Waals surface area (Å²) in [5.74, 6) is -0.852. The third-order valence-electron chi connectivity index (χ3n) is 5.66. The first-order valence-corrected chi connectivity index (χ1v) is 11.4. The monoisotopic (exact) mass is 539 g/mol. The maximum atomic E-state index is 13.5. The molecule has 1 atom stereocenters. The molecule has 2 aromatic carbocycles. The largest absolute Gasteiger partial charge is 0.416 e. The summed E-state index contributed by atoms with van der Waals surface area (Å²) in [6.45, 7) is 1.59. The molecule has 3 N–H and O–H groups in total. The highest BCUT2D eigenvalue weighted by atomic mass is 35.5. The first-order chi connectivity index (χ1) is 17.3. The molecule has 2 heterocycles. The summed E-state index contributed by atoms with van der Waals surface area (Å²) < 4.78 is 59.8. The van der Waals surface area contributed by atoms with E-state index < -0.39 is 35.6 Å². The Morgan fingerprint density at radius 2 is 1.89 bits per heavy atom. The van der Waals surface area contributed by atoms with Crippen LogP contribution < -0.4 is 16.0 Å².